The fraction of sp³-hybridized carbons (Fsp3) is 0.583. The number of barbiturate groups is 1. The third kappa shape index (κ3) is 5.00. The van der Waals surface area contributed by atoms with Gasteiger partial charge >= 0.3 is 6.03 Å². The van der Waals surface area contributed by atoms with E-state index in [1.165, 1.54) is 12.1 Å². The number of carbonyl (C=O) groups excluding carboxylic acids is 4. The lowest BCUT2D eigenvalue weighted by atomic mass is 9.83. The molecule has 2 aliphatic heterocycles. The van der Waals surface area contributed by atoms with Gasteiger partial charge in [-0.05, 0) is 69.7 Å². The monoisotopic (exact) mass is 507 g/mol. The number of hydrogen-bond acceptors (Lipinski definition) is 7. The largest absolute Gasteiger partial charge is 0.598 e. The summed E-state index contributed by atoms with van der Waals surface area (Å²) in [5.74, 6) is -4.77. The van der Waals surface area contributed by atoms with Gasteiger partial charge in [-0.15, -0.1) is 4.72 Å². The second kappa shape index (κ2) is 9.61. The van der Waals surface area contributed by atoms with Gasteiger partial charge in [0.05, 0.1) is 5.54 Å². The lowest BCUT2D eigenvalue weighted by Gasteiger charge is -2.38. The number of ketones is 1. The molecule has 9 nitrogen and oxygen atoms in total. The van der Waals surface area contributed by atoms with Crippen LogP contribution in [0.15, 0.2) is 18.2 Å². The van der Waals surface area contributed by atoms with E-state index in [1.807, 2.05) is 0 Å². The molecule has 4 amide bonds. The number of nitrogens with one attached hydrogen (secondary N) is 2. The number of carbonyl (C=O) groups is 4. The Labute approximate surface area is 206 Å². The second-order valence-corrected chi connectivity index (χ2v) is 12.3. The Morgan fingerprint density at radius 3 is 2.63 bits per heavy atom. The summed E-state index contributed by atoms with van der Waals surface area (Å²) in [6.45, 7) is 6.03. The van der Waals surface area contributed by atoms with Crippen LogP contribution in [0.3, 0.4) is 0 Å². The Morgan fingerprint density at radius 2 is 1.97 bits per heavy atom. The summed E-state index contributed by atoms with van der Waals surface area (Å²) in [5.41, 5.74) is 0.0681. The zero-order valence-electron chi connectivity index (χ0n) is 20.0. The average Bonchev–Trinajstić information content (AvgIpc) is 3.10. The molecule has 35 heavy (non-hydrogen) atoms. The summed E-state index contributed by atoms with van der Waals surface area (Å²) in [4.78, 5) is 53.0. The number of urea groups is 1. The van der Waals surface area contributed by atoms with Crippen molar-refractivity contribution in [3.8, 4) is 0 Å². The van der Waals surface area contributed by atoms with Crippen LogP contribution >= 0.6 is 0 Å². The van der Waals surface area contributed by atoms with Gasteiger partial charge in [0.25, 0.3) is 5.91 Å². The van der Waals surface area contributed by atoms with Crippen LogP contribution in [0.1, 0.15) is 57.6 Å². The number of ether oxygens (including phenoxy) is 1. The minimum Gasteiger partial charge on any atom is -0.598 e. The van der Waals surface area contributed by atoms with Crippen molar-refractivity contribution in [3.05, 3.63) is 35.1 Å². The number of rotatable bonds is 6. The van der Waals surface area contributed by atoms with Crippen molar-refractivity contribution in [1.82, 2.24) is 14.9 Å². The van der Waals surface area contributed by atoms with Gasteiger partial charge < -0.3 is 9.29 Å². The lowest BCUT2D eigenvalue weighted by Crippen LogP contribution is -2.63. The predicted octanol–water partition coefficient (Wildman–Crippen LogP) is 1.85. The van der Waals surface area contributed by atoms with E-state index in [9.17, 15) is 28.1 Å². The molecule has 0 saturated carbocycles. The van der Waals surface area contributed by atoms with Crippen molar-refractivity contribution < 1.29 is 32.9 Å². The van der Waals surface area contributed by atoms with Crippen molar-refractivity contribution in [1.29, 1.82) is 0 Å². The number of Topliss-reactive ketones (excluding diaryl/α,β-unsaturated/α-hetero) is 1. The van der Waals surface area contributed by atoms with Crippen LogP contribution in [0.4, 0.5) is 9.18 Å². The molecule has 1 aromatic carbocycles. The van der Waals surface area contributed by atoms with Crippen molar-refractivity contribution in [2.75, 3.05) is 13.2 Å². The Bertz CT molecular complexity index is 1050. The minimum absolute atomic E-state index is 0.338. The van der Waals surface area contributed by atoms with E-state index in [1.54, 1.807) is 26.8 Å². The summed E-state index contributed by atoms with van der Waals surface area (Å²) in [6, 6.07) is 2.95. The molecule has 3 atom stereocenters. The van der Waals surface area contributed by atoms with Gasteiger partial charge in [0, 0.05) is 37.0 Å². The molecule has 0 aromatic heterocycles. The molecule has 0 radical (unpaired) electrons. The number of amides is 4. The number of aryl methyl sites for hydroxylation is 1. The van der Waals surface area contributed by atoms with Gasteiger partial charge in [0.2, 0.25) is 5.91 Å². The maximum atomic E-state index is 14.2. The number of nitrogens with zero attached hydrogens (tertiary/aromatic N) is 1. The van der Waals surface area contributed by atoms with E-state index >= 15 is 0 Å². The van der Waals surface area contributed by atoms with Crippen LogP contribution in [0, 0.1) is 11.7 Å². The third-order valence-electron chi connectivity index (χ3n) is 6.80. The maximum Gasteiger partial charge on any atom is 0.331 e. The molecule has 2 fully saturated rings. The SMILES string of the molecule is CC(C)(C)[S+]([O-])N[C@]1(CC(=O)[C@@H]2C(=O)NC(=O)N(C3CCOCC3)C2=O)CCc2ccc(F)cc21. The molecule has 0 bridgehead atoms. The van der Waals surface area contributed by atoms with E-state index < -0.39 is 63.1 Å². The fourth-order valence-electron chi connectivity index (χ4n) is 4.91. The molecule has 1 unspecified atom stereocenters. The molecule has 1 aliphatic carbocycles. The molecule has 2 N–H and O–H groups in total. The van der Waals surface area contributed by atoms with Crippen LogP contribution in [0.5, 0.6) is 0 Å². The number of benzene rings is 1. The highest BCUT2D eigenvalue weighted by molar-refractivity contribution is 7.90. The minimum atomic E-state index is -1.71. The first-order valence-corrected chi connectivity index (χ1v) is 12.8. The first-order valence-electron chi connectivity index (χ1n) is 11.7. The van der Waals surface area contributed by atoms with Crippen LogP contribution in [-0.2, 0) is 42.4 Å². The highest BCUT2D eigenvalue weighted by Crippen LogP contribution is 2.42. The quantitative estimate of drug-likeness (QED) is 0.444. The highest BCUT2D eigenvalue weighted by Gasteiger charge is 2.52. The molecule has 4 rings (SSSR count). The third-order valence-corrected chi connectivity index (χ3v) is 8.49. The normalized spacial score (nSPS) is 26.5. The highest BCUT2D eigenvalue weighted by atomic mass is 32.2. The predicted molar refractivity (Wildman–Crippen MR) is 125 cm³/mol. The molecular weight excluding hydrogens is 477 g/mol. The van der Waals surface area contributed by atoms with Gasteiger partial charge in [0.15, 0.2) is 11.7 Å². The number of hydrogen-bond donors (Lipinski definition) is 2. The van der Waals surface area contributed by atoms with Crippen molar-refractivity contribution >= 4 is 35.0 Å². The smallest absolute Gasteiger partial charge is 0.331 e. The molecule has 2 heterocycles. The first-order chi connectivity index (χ1) is 16.4. The summed E-state index contributed by atoms with van der Waals surface area (Å²) in [7, 11) is 0. The zero-order chi connectivity index (χ0) is 25.5. The maximum absolute atomic E-state index is 14.2. The van der Waals surface area contributed by atoms with E-state index in [0.29, 0.717) is 44.5 Å². The topological polar surface area (TPSA) is 128 Å². The molecular formula is C24H30FN3O6S. The lowest BCUT2D eigenvalue weighted by molar-refractivity contribution is -0.150. The first kappa shape index (κ1) is 25.7. The van der Waals surface area contributed by atoms with Gasteiger partial charge in [-0.1, -0.05) is 6.07 Å². The number of fused-ring (bicyclic) bond motifs is 1. The van der Waals surface area contributed by atoms with E-state index in [0.717, 1.165) is 10.5 Å². The van der Waals surface area contributed by atoms with Gasteiger partial charge in [-0.3, -0.25) is 24.6 Å². The number of halogens is 1. The summed E-state index contributed by atoms with van der Waals surface area (Å²) in [5, 5.41) is 2.14. The van der Waals surface area contributed by atoms with E-state index in [2.05, 4.69) is 10.0 Å². The second-order valence-electron chi connectivity index (χ2n) is 10.3. The standard InChI is InChI=1S/C24H30FN3O6S/c1-23(2,3)35(33)27-24(9-6-14-4-5-15(25)12-17(14)24)13-18(29)19-20(30)26-22(32)28(21(19)31)16-7-10-34-11-8-16/h4-5,12,16,19,27H,6-11,13H2,1-3H3,(H,26,30,32)/t19-,24+,35?/m1/s1. The fourth-order valence-corrected chi connectivity index (χ4v) is 5.86. The Hall–Kier alpha value is -2.34. The van der Waals surface area contributed by atoms with Gasteiger partial charge in [-0.25, -0.2) is 9.18 Å². The zero-order valence-corrected chi connectivity index (χ0v) is 20.8. The Kier molecular flexibility index (Phi) is 7.07. The molecule has 0 spiro atoms. The number of imide groups is 2. The molecule has 2 saturated heterocycles. The van der Waals surface area contributed by atoms with E-state index in [4.69, 9.17) is 4.74 Å². The van der Waals surface area contributed by atoms with Gasteiger partial charge in [-0.2, -0.15) is 0 Å². The van der Waals surface area contributed by atoms with Crippen molar-refractivity contribution in [2.45, 2.75) is 69.2 Å². The Balaban J connectivity index is 1.65. The van der Waals surface area contributed by atoms with Crippen LogP contribution in [0.25, 0.3) is 0 Å². The molecule has 11 heteroatoms. The summed E-state index contributed by atoms with van der Waals surface area (Å²) >= 11 is -1.62. The van der Waals surface area contributed by atoms with Crippen LogP contribution < -0.4 is 10.0 Å². The molecule has 190 valence electrons. The van der Waals surface area contributed by atoms with Crippen molar-refractivity contribution in [3.63, 3.8) is 0 Å². The van der Waals surface area contributed by atoms with Gasteiger partial charge in [0.1, 0.15) is 10.6 Å². The molecule has 1 aromatic rings. The van der Waals surface area contributed by atoms with E-state index in [-0.39, 0.29) is 6.42 Å². The Morgan fingerprint density at radius 1 is 1.29 bits per heavy atom. The summed E-state index contributed by atoms with van der Waals surface area (Å²) in [6.07, 6.45) is 1.32. The summed E-state index contributed by atoms with van der Waals surface area (Å²) < 4.78 is 35.0. The van der Waals surface area contributed by atoms with Crippen LogP contribution in [-0.4, -0.2) is 57.1 Å². The molecule has 3 aliphatic rings. The van der Waals surface area contributed by atoms with Crippen molar-refractivity contribution in [2.24, 2.45) is 5.92 Å². The van der Waals surface area contributed by atoms with Crippen LogP contribution in [0.2, 0.25) is 0 Å². The average molecular weight is 508 g/mol.